The monoisotopic (exact) mass is 321 g/mol. The average molecular weight is 322 g/mol. The van der Waals surface area contributed by atoms with Crippen LogP contribution in [0.15, 0.2) is 0 Å². The minimum Gasteiger partial charge on any atom is -0.839 e. The molecule has 0 aromatic heterocycles. The van der Waals surface area contributed by atoms with Gasteiger partial charge in [0, 0.05) is 6.61 Å². The molecule has 116 valence electrons. The van der Waals surface area contributed by atoms with E-state index in [2.05, 4.69) is 47.0 Å². The summed E-state index contributed by atoms with van der Waals surface area (Å²) >= 11 is 0. The Hall–Kier alpha value is 0.531. The molecule has 0 saturated carbocycles. The number of rotatable bonds is 7. The lowest BCUT2D eigenvalue weighted by molar-refractivity contribution is -0.227. The quantitative estimate of drug-likeness (QED) is 0.530. The molecule has 0 unspecified atom stereocenters. The molecule has 3 nitrogen and oxygen atoms in total. The van der Waals surface area contributed by atoms with Crippen molar-refractivity contribution in [1.29, 1.82) is 0 Å². The molecule has 0 aromatic carbocycles. The molecule has 0 atom stereocenters. The second kappa shape index (κ2) is 6.53. The van der Waals surface area contributed by atoms with Crippen LogP contribution in [0.2, 0.25) is 50.4 Å². The van der Waals surface area contributed by atoms with Crippen LogP contribution < -0.4 is 4.80 Å². The highest BCUT2D eigenvalue weighted by atomic mass is 28.4. The maximum Gasteiger partial charge on any atom is 0.191 e. The van der Waals surface area contributed by atoms with E-state index in [9.17, 15) is 4.80 Å². The summed E-state index contributed by atoms with van der Waals surface area (Å²) in [7, 11) is -6.06. The van der Waals surface area contributed by atoms with Crippen LogP contribution in [0.1, 0.15) is 27.2 Å². The predicted molar refractivity (Wildman–Crippen MR) is 88.6 cm³/mol. The average Bonchev–Trinajstić information content (AvgIpc) is 2.06. The smallest absolute Gasteiger partial charge is 0.191 e. The van der Waals surface area contributed by atoms with E-state index in [1.165, 1.54) is 0 Å². The molecule has 6 heteroatoms. The fraction of sp³-hybridized carbons (Fsp3) is 1.00. The molecule has 0 aromatic rings. The first-order chi connectivity index (χ1) is 8.16. The van der Waals surface area contributed by atoms with Crippen LogP contribution in [-0.2, 0) is 8.54 Å². The van der Waals surface area contributed by atoms with Gasteiger partial charge in [-0.2, -0.15) is 0 Å². The first-order valence-electron chi connectivity index (χ1n) is 7.21. The van der Waals surface area contributed by atoms with E-state index in [0.717, 1.165) is 19.1 Å². The molecule has 0 aliphatic heterocycles. The molecule has 0 fully saturated rings. The molecular formula is C13H33O3Si3-. The van der Waals surface area contributed by atoms with Crippen molar-refractivity contribution in [3.63, 3.8) is 0 Å². The highest BCUT2D eigenvalue weighted by Crippen LogP contribution is 2.36. The number of hydrogen-bond acceptors (Lipinski definition) is 3. The molecule has 0 heterocycles. The Bertz CT molecular complexity index is 278. The summed E-state index contributed by atoms with van der Waals surface area (Å²) < 4.78 is 12.0. The summed E-state index contributed by atoms with van der Waals surface area (Å²) in [4.78, 5) is 11.8. The van der Waals surface area contributed by atoms with Gasteiger partial charge in [0.2, 0.25) is 0 Å². The Morgan fingerprint density at radius 2 is 1.42 bits per heavy atom. The minimum absolute atomic E-state index is 0.264. The van der Waals surface area contributed by atoms with Crippen LogP contribution in [0.5, 0.6) is 0 Å². The van der Waals surface area contributed by atoms with Crippen molar-refractivity contribution in [2.24, 2.45) is 0 Å². The van der Waals surface area contributed by atoms with E-state index in [-0.39, 0.29) is 5.04 Å². The standard InChI is InChI=1S/C13H33O3Si3/c1-13(2,3)18(6,7)15-11-10-12-17(4,5)16-19(8,9)14/h10-12H2,1-9H3/q-1. The first kappa shape index (κ1) is 19.5. The molecule has 0 aliphatic carbocycles. The lowest BCUT2D eigenvalue weighted by Crippen LogP contribution is -2.54. The van der Waals surface area contributed by atoms with Gasteiger partial charge in [0.05, 0.1) is 8.56 Å². The highest BCUT2D eigenvalue weighted by molar-refractivity contribution is 6.81. The Labute approximate surface area is 123 Å². The van der Waals surface area contributed by atoms with Gasteiger partial charge in [-0.1, -0.05) is 33.9 Å². The molecule has 0 spiro atoms. The van der Waals surface area contributed by atoms with Crippen molar-refractivity contribution in [3.05, 3.63) is 0 Å². The van der Waals surface area contributed by atoms with Crippen molar-refractivity contribution in [3.8, 4) is 0 Å². The molecule has 0 N–H and O–H groups in total. The molecule has 19 heavy (non-hydrogen) atoms. The second-order valence-corrected chi connectivity index (χ2v) is 20.4. The van der Waals surface area contributed by atoms with Gasteiger partial charge in [0.15, 0.2) is 16.6 Å². The molecule has 0 saturated heterocycles. The Balaban J connectivity index is 4.12. The second-order valence-electron chi connectivity index (χ2n) is 7.97. The Morgan fingerprint density at radius 1 is 0.947 bits per heavy atom. The maximum atomic E-state index is 11.8. The van der Waals surface area contributed by atoms with Crippen molar-refractivity contribution in [2.75, 3.05) is 6.61 Å². The van der Waals surface area contributed by atoms with Crippen LogP contribution in [0.4, 0.5) is 0 Å². The van der Waals surface area contributed by atoms with Gasteiger partial charge in [-0.05, 0) is 43.7 Å². The maximum absolute atomic E-state index is 11.8. The van der Waals surface area contributed by atoms with Crippen molar-refractivity contribution < 1.29 is 13.3 Å². The first-order valence-corrected chi connectivity index (χ1v) is 16.0. The molecule has 0 aliphatic rings. The van der Waals surface area contributed by atoms with Gasteiger partial charge >= 0.3 is 0 Å². The third-order valence-electron chi connectivity index (χ3n) is 3.71. The summed E-state index contributed by atoms with van der Waals surface area (Å²) in [5, 5.41) is 0.264. The van der Waals surface area contributed by atoms with Crippen molar-refractivity contribution in [2.45, 2.75) is 77.6 Å². The normalized spacial score (nSPS) is 14.8. The van der Waals surface area contributed by atoms with Gasteiger partial charge in [0.1, 0.15) is 0 Å². The van der Waals surface area contributed by atoms with Crippen LogP contribution in [-0.4, -0.2) is 31.8 Å². The Kier molecular flexibility index (Phi) is 6.71. The topological polar surface area (TPSA) is 41.5 Å². The fourth-order valence-corrected chi connectivity index (χ4v) is 9.57. The van der Waals surface area contributed by atoms with Crippen LogP contribution in [0.25, 0.3) is 0 Å². The molecule has 0 bridgehead atoms. The van der Waals surface area contributed by atoms with E-state index in [1.807, 2.05) is 0 Å². The van der Waals surface area contributed by atoms with Crippen LogP contribution >= 0.6 is 0 Å². The SMILES string of the molecule is CC(C)(C)[Si](C)(C)OCCC[Si](C)(C)O[Si](C)(C)[O-]. The van der Waals surface area contributed by atoms with Crippen LogP contribution in [0.3, 0.4) is 0 Å². The lowest BCUT2D eigenvalue weighted by atomic mass is 10.2. The summed E-state index contributed by atoms with van der Waals surface area (Å²) in [5.41, 5.74) is 0. The summed E-state index contributed by atoms with van der Waals surface area (Å²) in [6, 6.07) is 1.01. The molecule has 0 radical (unpaired) electrons. The summed E-state index contributed by atoms with van der Waals surface area (Å²) in [6.07, 6.45) is 1.01. The van der Waals surface area contributed by atoms with E-state index >= 15 is 0 Å². The fourth-order valence-electron chi connectivity index (χ4n) is 1.76. The predicted octanol–water partition coefficient (Wildman–Crippen LogP) is 3.68. The van der Waals surface area contributed by atoms with Gasteiger partial charge in [-0.15, -0.1) is 0 Å². The zero-order valence-corrected chi connectivity index (χ0v) is 17.3. The van der Waals surface area contributed by atoms with E-state index in [4.69, 9.17) is 8.54 Å². The van der Waals surface area contributed by atoms with Gasteiger partial charge in [-0.25, -0.2) is 0 Å². The largest absolute Gasteiger partial charge is 0.839 e. The van der Waals surface area contributed by atoms with E-state index in [0.29, 0.717) is 0 Å². The minimum atomic E-state index is -2.64. The zero-order chi connectivity index (χ0) is 15.5. The van der Waals surface area contributed by atoms with E-state index < -0.39 is 25.2 Å². The third kappa shape index (κ3) is 8.41. The highest BCUT2D eigenvalue weighted by Gasteiger charge is 2.37. The molecular weight excluding hydrogens is 288 g/mol. The summed E-state index contributed by atoms with van der Waals surface area (Å²) in [5.74, 6) is 0. The van der Waals surface area contributed by atoms with Crippen molar-refractivity contribution >= 4 is 25.2 Å². The van der Waals surface area contributed by atoms with Gasteiger partial charge < -0.3 is 13.3 Å². The molecule has 0 rings (SSSR count). The zero-order valence-electron chi connectivity index (χ0n) is 14.3. The van der Waals surface area contributed by atoms with Gasteiger partial charge in [-0.3, -0.25) is 0 Å². The number of hydrogen-bond donors (Lipinski definition) is 0. The molecule has 0 amide bonds. The Morgan fingerprint density at radius 3 is 1.79 bits per heavy atom. The third-order valence-corrected chi connectivity index (χ3v) is 14.0. The van der Waals surface area contributed by atoms with Crippen LogP contribution in [0, 0.1) is 0 Å². The van der Waals surface area contributed by atoms with Gasteiger partial charge in [0.25, 0.3) is 0 Å². The van der Waals surface area contributed by atoms with Crippen molar-refractivity contribution in [1.82, 2.24) is 0 Å². The van der Waals surface area contributed by atoms with E-state index in [1.54, 1.807) is 13.1 Å². The lowest BCUT2D eigenvalue weighted by Gasteiger charge is -2.39. The summed E-state index contributed by atoms with van der Waals surface area (Å²) in [6.45, 7) is 19.9.